The molecule has 0 fully saturated rings. The molecule has 0 bridgehead atoms. The van der Waals surface area contributed by atoms with Crippen molar-refractivity contribution < 1.29 is 15.3 Å². The number of nitriles is 1. The molecule has 0 radical (unpaired) electrons. The lowest BCUT2D eigenvalue weighted by Gasteiger charge is -2.16. The van der Waals surface area contributed by atoms with Crippen LogP contribution < -0.4 is 0 Å². The standard InChI is InChI=1S/C10H10N4O3/c11-4-7-2-1-6(3-8(7)15)10(17)9(16)5-13-14-12/h1-3,9-10,15-17H,5H2. The first-order valence-electron chi connectivity index (χ1n) is 4.70. The quantitative estimate of drug-likeness (QED) is 0.406. The van der Waals surface area contributed by atoms with E-state index in [4.69, 9.17) is 10.8 Å². The van der Waals surface area contributed by atoms with Gasteiger partial charge in [-0.1, -0.05) is 11.2 Å². The summed E-state index contributed by atoms with van der Waals surface area (Å²) in [6.07, 6.45) is -2.56. The Hall–Kier alpha value is -2.26. The van der Waals surface area contributed by atoms with Gasteiger partial charge in [-0.3, -0.25) is 0 Å². The molecule has 1 rings (SSSR count). The molecule has 0 aromatic heterocycles. The summed E-state index contributed by atoms with van der Waals surface area (Å²) in [6, 6.07) is 5.68. The number of aliphatic hydroxyl groups is 2. The van der Waals surface area contributed by atoms with Gasteiger partial charge in [0.25, 0.3) is 0 Å². The summed E-state index contributed by atoms with van der Waals surface area (Å²) in [6.45, 7) is -0.279. The molecular weight excluding hydrogens is 224 g/mol. The largest absolute Gasteiger partial charge is 0.507 e. The van der Waals surface area contributed by atoms with E-state index in [2.05, 4.69) is 10.0 Å². The lowest BCUT2D eigenvalue weighted by atomic mass is 10.0. The van der Waals surface area contributed by atoms with E-state index in [0.717, 1.165) is 0 Å². The molecule has 2 atom stereocenters. The minimum atomic E-state index is -1.29. The number of azide groups is 1. The van der Waals surface area contributed by atoms with Crippen molar-refractivity contribution in [3.05, 3.63) is 39.8 Å². The summed E-state index contributed by atoms with van der Waals surface area (Å²) < 4.78 is 0. The third-order valence-electron chi connectivity index (χ3n) is 2.18. The van der Waals surface area contributed by atoms with Crippen molar-refractivity contribution in [1.82, 2.24) is 0 Å². The molecule has 0 heterocycles. The molecule has 2 unspecified atom stereocenters. The van der Waals surface area contributed by atoms with Gasteiger partial charge in [0.2, 0.25) is 0 Å². The monoisotopic (exact) mass is 234 g/mol. The van der Waals surface area contributed by atoms with Crippen LogP contribution in [0.5, 0.6) is 5.75 Å². The second kappa shape index (κ2) is 5.72. The maximum absolute atomic E-state index is 9.68. The molecule has 3 N–H and O–H groups in total. The molecule has 0 aliphatic heterocycles. The smallest absolute Gasteiger partial charge is 0.133 e. The highest BCUT2D eigenvalue weighted by Gasteiger charge is 2.18. The summed E-state index contributed by atoms with van der Waals surface area (Å²) in [5.74, 6) is -0.278. The first-order valence-corrected chi connectivity index (χ1v) is 4.70. The second-order valence-electron chi connectivity index (χ2n) is 3.31. The van der Waals surface area contributed by atoms with E-state index in [0.29, 0.717) is 0 Å². The summed E-state index contributed by atoms with van der Waals surface area (Å²) in [7, 11) is 0. The Labute approximate surface area is 96.8 Å². The van der Waals surface area contributed by atoms with Gasteiger partial charge in [0.05, 0.1) is 18.2 Å². The second-order valence-corrected chi connectivity index (χ2v) is 3.31. The van der Waals surface area contributed by atoms with Crippen LogP contribution >= 0.6 is 0 Å². The Morgan fingerprint density at radius 2 is 2.18 bits per heavy atom. The lowest BCUT2D eigenvalue weighted by molar-refractivity contribution is 0.0243. The van der Waals surface area contributed by atoms with Crippen LogP contribution in [0.1, 0.15) is 17.2 Å². The zero-order valence-electron chi connectivity index (χ0n) is 8.72. The molecule has 1 aromatic rings. The maximum atomic E-state index is 9.68. The SMILES string of the molecule is N#Cc1ccc(C(O)C(O)CN=[N+]=[N-])cc1O. The van der Waals surface area contributed by atoms with Gasteiger partial charge in [-0.25, -0.2) is 0 Å². The predicted octanol–water partition coefficient (Wildman–Crippen LogP) is 0.968. The minimum Gasteiger partial charge on any atom is -0.507 e. The number of hydrogen-bond donors (Lipinski definition) is 3. The van der Waals surface area contributed by atoms with Crippen molar-refractivity contribution in [1.29, 1.82) is 5.26 Å². The Bertz CT molecular complexity index is 491. The molecule has 1 aromatic carbocycles. The van der Waals surface area contributed by atoms with Crippen LogP contribution in [0.3, 0.4) is 0 Å². The molecule has 7 heteroatoms. The highest BCUT2D eigenvalue weighted by molar-refractivity contribution is 5.44. The van der Waals surface area contributed by atoms with Crippen LogP contribution in [-0.2, 0) is 0 Å². The van der Waals surface area contributed by atoms with E-state index in [1.54, 1.807) is 6.07 Å². The Morgan fingerprint density at radius 3 is 2.71 bits per heavy atom. The van der Waals surface area contributed by atoms with Crippen molar-refractivity contribution in [2.24, 2.45) is 5.11 Å². The number of phenolic OH excluding ortho intramolecular Hbond substituents is 1. The molecule has 17 heavy (non-hydrogen) atoms. The van der Waals surface area contributed by atoms with Gasteiger partial charge in [0, 0.05) is 4.91 Å². The summed E-state index contributed by atoms with van der Waals surface area (Å²) >= 11 is 0. The highest BCUT2D eigenvalue weighted by atomic mass is 16.3. The van der Waals surface area contributed by atoms with Crippen LogP contribution in [0.15, 0.2) is 23.3 Å². The van der Waals surface area contributed by atoms with E-state index in [1.165, 1.54) is 18.2 Å². The fraction of sp³-hybridized carbons (Fsp3) is 0.300. The van der Waals surface area contributed by atoms with Gasteiger partial charge in [-0.15, -0.1) is 0 Å². The van der Waals surface area contributed by atoms with Crippen molar-refractivity contribution >= 4 is 0 Å². The van der Waals surface area contributed by atoms with E-state index < -0.39 is 12.2 Å². The predicted molar refractivity (Wildman–Crippen MR) is 57.8 cm³/mol. The third kappa shape index (κ3) is 3.09. The Balaban J connectivity index is 2.89. The molecule has 88 valence electrons. The lowest BCUT2D eigenvalue weighted by Crippen LogP contribution is -2.21. The molecule has 0 amide bonds. The van der Waals surface area contributed by atoms with E-state index in [1.807, 2.05) is 0 Å². The van der Waals surface area contributed by atoms with Crippen LogP contribution in [0.4, 0.5) is 0 Å². The summed E-state index contributed by atoms with van der Waals surface area (Å²) in [5.41, 5.74) is 8.38. The van der Waals surface area contributed by atoms with Gasteiger partial charge in [0.1, 0.15) is 17.9 Å². The molecule has 0 saturated heterocycles. The summed E-state index contributed by atoms with van der Waals surface area (Å²) in [5, 5.41) is 40.3. The third-order valence-corrected chi connectivity index (χ3v) is 2.18. The van der Waals surface area contributed by atoms with E-state index >= 15 is 0 Å². The first kappa shape index (κ1) is 12.8. The average molecular weight is 234 g/mol. The number of hydrogen-bond acceptors (Lipinski definition) is 5. The Morgan fingerprint density at radius 1 is 1.47 bits per heavy atom. The number of phenols is 1. The minimum absolute atomic E-state index is 0.0745. The summed E-state index contributed by atoms with van der Waals surface area (Å²) in [4.78, 5) is 2.46. The Kier molecular flexibility index (Phi) is 4.31. The van der Waals surface area contributed by atoms with Crippen molar-refractivity contribution in [3.63, 3.8) is 0 Å². The number of aliphatic hydroxyl groups excluding tert-OH is 2. The maximum Gasteiger partial charge on any atom is 0.133 e. The fourth-order valence-electron chi connectivity index (χ4n) is 1.27. The van der Waals surface area contributed by atoms with Crippen molar-refractivity contribution in [3.8, 4) is 11.8 Å². The zero-order chi connectivity index (χ0) is 12.8. The van der Waals surface area contributed by atoms with Crippen molar-refractivity contribution in [2.45, 2.75) is 12.2 Å². The molecule has 0 spiro atoms. The topological polar surface area (TPSA) is 133 Å². The molecule has 0 aliphatic rings. The number of nitrogens with zero attached hydrogens (tertiary/aromatic N) is 4. The highest BCUT2D eigenvalue weighted by Crippen LogP contribution is 2.24. The van der Waals surface area contributed by atoms with Crippen LogP contribution in [-0.4, -0.2) is 28.0 Å². The van der Waals surface area contributed by atoms with Crippen LogP contribution in [0.25, 0.3) is 10.4 Å². The zero-order valence-corrected chi connectivity index (χ0v) is 8.72. The van der Waals surface area contributed by atoms with E-state index in [9.17, 15) is 15.3 Å². The number of rotatable bonds is 4. The average Bonchev–Trinajstić information content (AvgIpc) is 2.34. The van der Waals surface area contributed by atoms with Crippen LogP contribution in [0, 0.1) is 11.3 Å². The molecule has 0 saturated carbocycles. The van der Waals surface area contributed by atoms with E-state index in [-0.39, 0.29) is 23.4 Å². The van der Waals surface area contributed by atoms with Gasteiger partial charge in [-0.05, 0) is 23.2 Å². The fourth-order valence-corrected chi connectivity index (χ4v) is 1.27. The van der Waals surface area contributed by atoms with Crippen LogP contribution in [0.2, 0.25) is 0 Å². The first-order chi connectivity index (χ1) is 8.10. The normalized spacial score (nSPS) is 13.2. The van der Waals surface area contributed by atoms with Gasteiger partial charge in [0.15, 0.2) is 0 Å². The molecule has 7 nitrogen and oxygen atoms in total. The van der Waals surface area contributed by atoms with Gasteiger partial charge < -0.3 is 15.3 Å². The molecular formula is C10H10N4O3. The number of aromatic hydroxyl groups is 1. The van der Waals surface area contributed by atoms with Crippen molar-refractivity contribution in [2.75, 3.05) is 6.54 Å². The van der Waals surface area contributed by atoms with Gasteiger partial charge in [-0.2, -0.15) is 5.26 Å². The molecule has 0 aliphatic carbocycles. The van der Waals surface area contributed by atoms with Gasteiger partial charge >= 0.3 is 0 Å². The number of benzene rings is 1.